The van der Waals surface area contributed by atoms with Crippen molar-refractivity contribution in [3.8, 4) is 0 Å². The van der Waals surface area contributed by atoms with Gasteiger partial charge >= 0.3 is 0 Å². The molecule has 2 aliphatic heterocycles. The van der Waals surface area contributed by atoms with Crippen molar-refractivity contribution < 1.29 is 4.79 Å². The van der Waals surface area contributed by atoms with E-state index in [1.807, 2.05) is 29.2 Å². The normalized spacial score (nSPS) is 19.0. The number of carbonyl (C=O) groups excluding carboxylic acids is 1. The number of amides is 1. The summed E-state index contributed by atoms with van der Waals surface area (Å²) in [5, 5.41) is 3.34. The summed E-state index contributed by atoms with van der Waals surface area (Å²) in [5.41, 5.74) is 4.42. The fourth-order valence-corrected chi connectivity index (χ4v) is 3.55. The number of benzene rings is 1. The second kappa shape index (κ2) is 6.59. The van der Waals surface area contributed by atoms with Crippen LogP contribution in [0.3, 0.4) is 0 Å². The molecule has 2 aliphatic rings. The molecule has 0 saturated carbocycles. The van der Waals surface area contributed by atoms with Gasteiger partial charge in [0.15, 0.2) is 0 Å². The third-order valence-corrected chi connectivity index (χ3v) is 4.67. The molecule has 1 unspecified atom stereocenters. The molecule has 2 aromatic rings. The molecule has 1 saturated heterocycles. The van der Waals surface area contributed by atoms with Gasteiger partial charge in [0, 0.05) is 36.7 Å². The van der Waals surface area contributed by atoms with E-state index in [2.05, 4.69) is 16.4 Å². The number of likely N-dealkylation sites (tertiary alicyclic amines) is 1. The summed E-state index contributed by atoms with van der Waals surface area (Å²) in [6.07, 6.45) is 6.70. The quantitative estimate of drug-likeness (QED) is 0.918. The fraction of sp³-hybridized carbons (Fsp3) is 0.333. The van der Waals surface area contributed by atoms with E-state index in [0.717, 1.165) is 37.9 Å². The molecule has 1 aromatic carbocycles. The Labute approximate surface area is 142 Å². The van der Waals surface area contributed by atoms with E-state index in [4.69, 9.17) is 0 Å². The van der Waals surface area contributed by atoms with Crippen molar-refractivity contribution in [2.45, 2.75) is 25.3 Å². The highest BCUT2D eigenvalue weighted by atomic mass is 35.5. The predicted octanol–water partition coefficient (Wildman–Crippen LogP) is 3.45. The molecule has 0 spiro atoms. The zero-order valence-electron chi connectivity index (χ0n) is 12.9. The van der Waals surface area contributed by atoms with E-state index in [-0.39, 0.29) is 24.4 Å². The molecule has 1 fully saturated rings. The number of hydrogen-bond acceptors (Lipinski definition) is 3. The monoisotopic (exact) mass is 329 g/mol. The second-order valence-electron chi connectivity index (χ2n) is 5.99. The average molecular weight is 330 g/mol. The molecule has 0 aliphatic carbocycles. The number of rotatable bonds is 2. The van der Waals surface area contributed by atoms with E-state index in [1.165, 1.54) is 16.8 Å². The molecule has 120 valence electrons. The molecule has 0 bridgehead atoms. The first-order chi connectivity index (χ1) is 10.8. The van der Waals surface area contributed by atoms with Crippen molar-refractivity contribution >= 4 is 24.0 Å². The number of anilines is 1. The third-order valence-electron chi connectivity index (χ3n) is 4.67. The first kappa shape index (κ1) is 15.8. The number of carbonyl (C=O) groups is 1. The van der Waals surface area contributed by atoms with Gasteiger partial charge in [-0.1, -0.05) is 0 Å². The Morgan fingerprint density at radius 1 is 1.22 bits per heavy atom. The summed E-state index contributed by atoms with van der Waals surface area (Å²) < 4.78 is 0. The van der Waals surface area contributed by atoms with Gasteiger partial charge in [0.2, 0.25) is 0 Å². The van der Waals surface area contributed by atoms with Crippen LogP contribution in [-0.4, -0.2) is 28.9 Å². The van der Waals surface area contributed by atoms with Gasteiger partial charge in [0.1, 0.15) is 0 Å². The number of nitrogens with zero attached hydrogens (tertiary/aromatic N) is 2. The van der Waals surface area contributed by atoms with Gasteiger partial charge in [-0.2, -0.15) is 0 Å². The summed E-state index contributed by atoms with van der Waals surface area (Å²) in [6.45, 7) is 1.80. The Morgan fingerprint density at radius 3 is 2.87 bits per heavy atom. The van der Waals surface area contributed by atoms with Gasteiger partial charge in [-0.3, -0.25) is 9.78 Å². The van der Waals surface area contributed by atoms with Gasteiger partial charge in [0.05, 0.1) is 6.04 Å². The highest BCUT2D eigenvalue weighted by Crippen LogP contribution is 2.33. The molecule has 1 N–H and O–H groups in total. The van der Waals surface area contributed by atoms with Crippen LogP contribution in [0, 0.1) is 0 Å². The fourth-order valence-electron chi connectivity index (χ4n) is 3.55. The zero-order valence-corrected chi connectivity index (χ0v) is 13.7. The molecular formula is C18H20ClN3O. The summed E-state index contributed by atoms with van der Waals surface area (Å²) in [5.74, 6) is 0.147. The number of nitrogens with one attached hydrogen (secondary N) is 1. The standard InChI is InChI=1S/C18H19N3O.ClH/c22-18(15-3-4-16-14(12-15)7-10-20-16)21-11-1-2-17(21)13-5-8-19-9-6-13;/h3-6,8-9,12,17,20H,1-2,7,10-11H2;1H. The SMILES string of the molecule is Cl.O=C(c1ccc2c(c1)CCN2)N1CCCC1c1ccncc1. The molecule has 0 radical (unpaired) electrons. The van der Waals surface area contributed by atoms with Crippen LogP contribution in [0.5, 0.6) is 0 Å². The maximum Gasteiger partial charge on any atom is 0.254 e. The number of fused-ring (bicyclic) bond motifs is 1. The smallest absolute Gasteiger partial charge is 0.254 e. The zero-order chi connectivity index (χ0) is 14.9. The molecule has 1 aromatic heterocycles. The van der Waals surface area contributed by atoms with Crippen LogP contribution < -0.4 is 5.32 Å². The lowest BCUT2D eigenvalue weighted by Crippen LogP contribution is -2.30. The van der Waals surface area contributed by atoms with E-state index in [0.29, 0.717) is 0 Å². The van der Waals surface area contributed by atoms with Gasteiger partial charge in [-0.25, -0.2) is 0 Å². The van der Waals surface area contributed by atoms with E-state index >= 15 is 0 Å². The Morgan fingerprint density at radius 2 is 2.04 bits per heavy atom. The molecule has 4 rings (SSSR count). The number of pyridine rings is 1. The van der Waals surface area contributed by atoms with Crippen LogP contribution >= 0.6 is 12.4 Å². The minimum absolute atomic E-state index is 0. The topological polar surface area (TPSA) is 45.2 Å². The Bertz CT molecular complexity index is 705. The summed E-state index contributed by atoms with van der Waals surface area (Å²) in [7, 11) is 0. The van der Waals surface area contributed by atoms with Gasteiger partial charge in [0.25, 0.3) is 5.91 Å². The predicted molar refractivity (Wildman–Crippen MR) is 93.1 cm³/mol. The van der Waals surface area contributed by atoms with Crippen molar-refractivity contribution in [1.29, 1.82) is 0 Å². The van der Waals surface area contributed by atoms with Gasteiger partial charge in [-0.05, 0) is 60.7 Å². The van der Waals surface area contributed by atoms with E-state index in [1.54, 1.807) is 12.4 Å². The second-order valence-corrected chi connectivity index (χ2v) is 5.99. The lowest BCUT2D eigenvalue weighted by Gasteiger charge is -2.25. The maximum absolute atomic E-state index is 12.9. The minimum Gasteiger partial charge on any atom is -0.384 e. The highest BCUT2D eigenvalue weighted by Gasteiger charge is 2.30. The molecule has 5 heteroatoms. The van der Waals surface area contributed by atoms with E-state index < -0.39 is 0 Å². The summed E-state index contributed by atoms with van der Waals surface area (Å²) in [6, 6.07) is 10.3. The van der Waals surface area contributed by atoms with Crippen LogP contribution in [0.25, 0.3) is 0 Å². The first-order valence-electron chi connectivity index (χ1n) is 7.90. The Kier molecular flexibility index (Phi) is 4.53. The average Bonchev–Trinajstić information content (AvgIpc) is 3.23. The molecular weight excluding hydrogens is 310 g/mol. The van der Waals surface area contributed by atoms with Gasteiger partial charge < -0.3 is 10.2 Å². The largest absolute Gasteiger partial charge is 0.384 e. The molecule has 4 nitrogen and oxygen atoms in total. The lowest BCUT2D eigenvalue weighted by atomic mass is 10.0. The van der Waals surface area contributed by atoms with E-state index in [9.17, 15) is 4.79 Å². The lowest BCUT2D eigenvalue weighted by molar-refractivity contribution is 0.0735. The first-order valence-corrected chi connectivity index (χ1v) is 7.90. The Balaban J connectivity index is 0.00000156. The van der Waals surface area contributed by atoms with Crippen molar-refractivity contribution in [2.24, 2.45) is 0 Å². The van der Waals surface area contributed by atoms with Crippen LogP contribution in [0.4, 0.5) is 5.69 Å². The number of halogens is 1. The maximum atomic E-state index is 12.9. The number of hydrogen-bond donors (Lipinski definition) is 1. The Hall–Kier alpha value is -2.07. The molecule has 3 heterocycles. The van der Waals surface area contributed by atoms with Crippen LogP contribution in [0.2, 0.25) is 0 Å². The van der Waals surface area contributed by atoms with Crippen LogP contribution in [0.1, 0.15) is 40.4 Å². The summed E-state index contributed by atoms with van der Waals surface area (Å²) in [4.78, 5) is 19.0. The van der Waals surface area contributed by atoms with Crippen molar-refractivity contribution in [3.63, 3.8) is 0 Å². The third kappa shape index (κ3) is 2.91. The van der Waals surface area contributed by atoms with Gasteiger partial charge in [-0.15, -0.1) is 12.4 Å². The van der Waals surface area contributed by atoms with Crippen LogP contribution in [0.15, 0.2) is 42.7 Å². The van der Waals surface area contributed by atoms with Crippen molar-refractivity contribution in [1.82, 2.24) is 9.88 Å². The minimum atomic E-state index is 0. The molecule has 1 amide bonds. The highest BCUT2D eigenvalue weighted by molar-refractivity contribution is 5.95. The number of aromatic nitrogens is 1. The van der Waals surface area contributed by atoms with Crippen molar-refractivity contribution in [3.05, 3.63) is 59.4 Å². The summed E-state index contributed by atoms with van der Waals surface area (Å²) >= 11 is 0. The molecule has 1 atom stereocenters. The van der Waals surface area contributed by atoms with Crippen LogP contribution in [-0.2, 0) is 6.42 Å². The molecule has 23 heavy (non-hydrogen) atoms. The van der Waals surface area contributed by atoms with Crippen molar-refractivity contribution in [2.75, 3.05) is 18.4 Å².